The molecule has 7 heteroatoms. The highest BCUT2D eigenvalue weighted by Gasteiger charge is 2.23. The Bertz CT molecular complexity index is 1770. The molecule has 0 atom stereocenters. The fourth-order valence-corrected chi connectivity index (χ4v) is 5.80. The van der Waals surface area contributed by atoms with Crippen LogP contribution in [0.15, 0.2) is 78.3 Å². The summed E-state index contributed by atoms with van der Waals surface area (Å²) in [5, 5.41) is 3.18. The zero-order valence-electron chi connectivity index (χ0n) is 24.4. The number of aliphatic imine (C=N–C) groups is 1. The molecular weight excluding hydrogens is 520 g/mol. The lowest BCUT2D eigenvalue weighted by molar-refractivity contribution is -0.119. The Balaban J connectivity index is 1.39. The van der Waals surface area contributed by atoms with Gasteiger partial charge >= 0.3 is 0 Å². The van der Waals surface area contributed by atoms with Crippen LogP contribution in [0.1, 0.15) is 61.5 Å². The third kappa shape index (κ3) is 5.73. The van der Waals surface area contributed by atoms with Crippen LogP contribution >= 0.6 is 0 Å². The van der Waals surface area contributed by atoms with Crippen molar-refractivity contribution in [2.75, 3.05) is 11.9 Å². The monoisotopic (exact) mass is 556 g/mol. The number of rotatable bonds is 8. The van der Waals surface area contributed by atoms with E-state index in [1.165, 1.54) is 0 Å². The van der Waals surface area contributed by atoms with Crippen LogP contribution in [0.25, 0.3) is 33.3 Å². The summed E-state index contributed by atoms with van der Waals surface area (Å²) in [4.78, 5) is 35.2. The molecule has 212 valence electrons. The average Bonchev–Trinajstić information content (AvgIpc) is 3.69. The van der Waals surface area contributed by atoms with Crippen molar-refractivity contribution in [1.29, 1.82) is 0 Å². The number of nitrogens with one attached hydrogen (secondary N) is 2. The molecule has 5 aromatic rings. The SMILES string of the molecule is CCCN=C(c1nc2c(-c3cccnc3)cncc2[nH]1)c1cc(-c2cc(C)cc(NC(=O)C3CCCC3)c2)ccc1C. The van der Waals surface area contributed by atoms with Gasteiger partial charge in [0.25, 0.3) is 0 Å². The standard InChI is InChI=1S/C35H36N6O/c1-4-13-38-33(34-40-31-21-37-20-30(32(31)41-34)26-10-7-14-36-19-26)29-18-25(12-11-23(29)3)27-15-22(2)16-28(17-27)39-35(42)24-8-5-6-9-24/h7,10-12,14-21,24H,4-6,8-9,13H2,1-3H3,(H,39,42)(H,40,41). The minimum atomic E-state index is 0.120. The lowest BCUT2D eigenvalue weighted by Crippen LogP contribution is -2.20. The number of nitrogens with zero attached hydrogens (tertiary/aromatic N) is 4. The van der Waals surface area contributed by atoms with Gasteiger partial charge in [0.2, 0.25) is 5.91 Å². The molecule has 1 fully saturated rings. The molecule has 0 unspecified atom stereocenters. The summed E-state index contributed by atoms with van der Waals surface area (Å²) in [5.41, 5.74) is 10.6. The second-order valence-corrected chi connectivity index (χ2v) is 11.2. The molecule has 7 nitrogen and oxygen atoms in total. The maximum absolute atomic E-state index is 12.9. The average molecular weight is 557 g/mol. The summed E-state index contributed by atoms with van der Waals surface area (Å²) in [5.74, 6) is 0.966. The molecule has 1 amide bonds. The number of amides is 1. The van der Waals surface area contributed by atoms with Gasteiger partial charge in [-0.1, -0.05) is 44.0 Å². The topological polar surface area (TPSA) is 95.9 Å². The highest BCUT2D eigenvalue weighted by Crippen LogP contribution is 2.31. The van der Waals surface area contributed by atoms with Crippen LogP contribution in [-0.4, -0.2) is 38.1 Å². The van der Waals surface area contributed by atoms with Crippen LogP contribution in [0.3, 0.4) is 0 Å². The summed E-state index contributed by atoms with van der Waals surface area (Å²) in [6, 6.07) is 16.7. The van der Waals surface area contributed by atoms with Gasteiger partial charge in [0.15, 0.2) is 5.82 Å². The van der Waals surface area contributed by atoms with Crippen LogP contribution in [0.2, 0.25) is 0 Å². The van der Waals surface area contributed by atoms with Crippen molar-refractivity contribution in [3.8, 4) is 22.3 Å². The second-order valence-electron chi connectivity index (χ2n) is 11.2. The predicted molar refractivity (Wildman–Crippen MR) is 170 cm³/mol. The Hall–Kier alpha value is -4.65. The Morgan fingerprint density at radius 1 is 0.976 bits per heavy atom. The fourth-order valence-electron chi connectivity index (χ4n) is 5.80. The van der Waals surface area contributed by atoms with Gasteiger partial charge in [-0.25, -0.2) is 4.98 Å². The largest absolute Gasteiger partial charge is 0.335 e. The van der Waals surface area contributed by atoms with Crippen LogP contribution < -0.4 is 5.32 Å². The van der Waals surface area contributed by atoms with Gasteiger partial charge in [-0.15, -0.1) is 0 Å². The first-order valence-electron chi connectivity index (χ1n) is 14.8. The molecule has 1 saturated carbocycles. The Morgan fingerprint density at radius 2 is 1.83 bits per heavy atom. The van der Waals surface area contributed by atoms with Crippen molar-refractivity contribution in [2.45, 2.75) is 52.9 Å². The van der Waals surface area contributed by atoms with E-state index in [9.17, 15) is 4.79 Å². The van der Waals surface area contributed by atoms with Gasteiger partial charge in [-0.05, 0) is 79.6 Å². The van der Waals surface area contributed by atoms with Crippen molar-refractivity contribution in [3.63, 3.8) is 0 Å². The van der Waals surface area contributed by atoms with E-state index in [0.29, 0.717) is 12.4 Å². The number of imidazole rings is 1. The van der Waals surface area contributed by atoms with Gasteiger partial charge in [0.05, 0.1) is 11.7 Å². The summed E-state index contributed by atoms with van der Waals surface area (Å²) >= 11 is 0. The van der Waals surface area contributed by atoms with Crippen LogP contribution in [0.4, 0.5) is 5.69 Å². The Kier molecular flexibility index (Phi) is 7.91. The third-order valence-corrected chi connectivity index (χ3v) is 7.98. The number of aromatic amines is 1. The van der Waals surface area contributed by atoms with Gasteiger partial charge in [0.1, 0.15) is 11.2 Å². The van der Waals surface area contributed by atoms with Gasteiger partial charge < -0.3 is 10.3 Å². The molecule has 1 aliphatic carbocycles. The second kappa shape index (κ2) is 12.1. The summed E-state index contributed by atoms with van der Waals surface area (Å²) < 4.78 is 0. The van der Waals surface area contributed by atoms with Gasteiger partial charge in [-0.3, -0.25) is 19.8 Å². The lowest BCUT2D eigenvalue weighted by atomic mass is 9.95. The number of aromatic nitrogens is 4. The molecule has 2 aromatic carbocycles. The number of benzene rings is 2. The number of aryl methyl sites for hydroxylation is 2. The zero-order chi connectivity index (χ0) is 29.1. The van der Waals surface area contributed by atoms with Gasteiger partial charge in [0, 0.05) is 53.4 Å². The van der Waals surface area contributed by atoms with Crippen LogP contribution in [0, 0.1) is 19.8 Å². The smallest absolute Gasteiger partial charge is 0.227 e. The van der Waals surface area contributed by atoms with Crippen LogP contribution in [-0.2, 0) is 4.79 Å². The molecule has 0 bridgehead atoms. The minimum Gasteiger partial charge on any atom is -0.335 e. The van der Waals surface area contributed by atoms with Crippen molar-refractivity contribution in [1.82, 2.24) is 19.9 Å². The first-order chi connectivity index (χ1) is 20.5. The van der Waals surface area contributed by atoms with Gasteiger partial charge in [-0.2, -0.15) is 0 Å². The number of hydrogen-bond donors (Lipinski definition) is 2. The van der Waals surface area contributed by atoms with E-state index in [1.54, 1.807) is 12.4 Å². The van der Waals surface area contributed by atoms with E-state index in [-0.39, 0.29) is 11.8 Å². The van der Waals surface area contributed by atoms with E-state index < -0.39 is 0 Å². The lowest BCUT2D eigenvalue weighted by Gasteiger charge is -2.14. The number of carbonyl (C=O) groups excluding carboxylic acids is 1. The quantitative estimate of drug-likeness (QED) is 0.192. The predicted octanol–water partition coefficient (Wildman–Crippen LogP) is 7.68. The van der Waals surface area contributed by atoms with Crippen molar-refractivity contribution in [3.05, 3.63) is 95.8 Å². The third-order valence-electron chi connectivity index (χ3n) is 7.98. The molecular formula is C35H36N6O. The minimum absolute atomic E-state index is 0.120. The molecule has 3 aromatic heterocycles. The van der Waals surface area contributed by atoms with E-state index in [1.807, 2.05) is 30.6 Å². The van der Waals surface area contributed by atoms with E-state index >= 15 is 0 Å². The molecule has 1 aliphatic rings. The number of hydrogen-bond acceptors (Lipinski definition) is 5. The van der Waals surface area contributed by atoms with E-state index in [0.717, 1.165) is 93.5 Å². The molecule has 2 N–H and O–H groups in total. The molecule has 0 saturated heterocycles. The molecule has 42 heavy (non-hydrogen) atoms. The number of carbonyl (C=O) groups is 1. The molecule has 3 heterocycles. The van der Waals surface area contributed by atoms with E-state index in [2.05, 4.69) is 71.4 Å². The highest BCUT2D eigenvalue weighted by atomic mass is 16.1. The maximum atomic E-state index is 12.9. The van der Waals surface area contributed by atoms with Crippen LogP contribution in [0.5, 0.6) is 0 Å². The fraction of sp³-hybridized carbons (Fsp3) is 0.286. The number of anilines is 1. The summed E-state index contributed by atoms with van der Waals surface area (Å²) in [6.45, 7) is 6.99. The van der Waals surface area contributed by atoms with Crippen molar-refractivity contribution in [2.24, 2.45) is 10.9 Å². The Labute approximate surface area is 246 Å². The highest BCUT2D eigenvalue weighted by molar-refractivity contribution is 6.13. The number of H-pyrrole nitrogens is 1. The molecule has 0 aliphatic heterocycles. The summed E-state index contributed by atoms with van der Waals surface area (Å²) in [6.07, 6.45) is 12.4. The zero-order valence-corrected chi connectivity index (χ0v) is 24.4. The first kappa shape index (κ1) is 27.5. The summed E-state index contributed by atoms with van der Waals surface area (Å²) in [7, 11) is 0. The number of pyridine rings is 2. The normalized spacial score (nSPS) is 14.0. The molecule has 0 spiro atoms. The first-order valence-corrected chi connectivity index (χ1v) is 14.8. The number of fused-ring (bicyclic) bond motifs is 1. The van der Waals surface area contributed by atoms with Crippen molar-refractivity contribution < 1.29 is 4.79 Å². The molecule has 0 radical (unpaired) electrons. The molecule has 6 rings (SSSR count). The van der Waals surface area contributed by atoms with Crippen molar-refractivity contribution >= 4 is 28.3 Å². The Morgan fingerprint density at radius 3 is 2.62 bits per heavy atom. The van der Waals surface area contributed by atoms with E-state index in [4.69, 9.17) is 9.98 Å². The maximum Gasteiger partial charge on any atom is 0.227 e.